The van der Waals surface area contributed by atoms with Gasteiger partial charge in [-0.2, -0.15) is 0 Å². The van der Waals surface area contributed by atoms with Gasteiger partial charge in [-0.3, -0.25) is 14.8 Å². The normalized spacial score (nSPS) is 20.1. The Labute approximate surface area is 88.4 Å². The van der Waals surface area contributed by atoms with E-state index in [9.17, 15) is 4.79 Å². The van der Waals surface area contributed by atoms with Crippen molar-refractivity contribution < 1.29 is 4.79 Å². The highest BCUT2D eigenvalue weighted by molar-refractivity contribution is 6.13. The average Bonchev–Trinajstić information content (AvgIpc) is 2.45. The van der Waals surface area contributed by atoms with Crippen molar-refractivity contribution in [3.63, 3.8) is 0 Å². The van der Waals surface area contributed by atoms with Crippen LogP contribution in [0, 0.1) is 13.8 Å². The number of amidine groups is 1. The standard InChI is InChI=1S/C11H13N3O/c1-6-4-9(5-7(2)12-6)10-13-8(3)11(15)14-10/h4-5,8H,1-3H3,(H,13,14,15). The Morgan fingerprint density at radius 1 is 1.27 bits per heavy atom. The molecule has 0 saturated heterocycles. The topological polar surface area (TPSA) is 54.4 Å². The third-order valence-corrected chi connectivity index (χ3v) is 2.30. The second kappa shape index (κ2) is 3.46. The van der Waals surface area contributed by atoms with Gasteiger partial charge in [0.15, 0.2) is 0 Å². The summed E-state index contributed by atoms with van der Waals surface area (Å²) in [5.41, 5.74) is 2.79. The summed E-state index contributed by atoms with van der Waals surface area (Å²) >= 11 is 0. The number of pyridine rings is 1. The van der Waals surface area contributed by atoms with Gasteiger partial charge in [0, 0.05) is 17.0 Å². The summed E-state index contributed by atoms with van der Waals surface area (Å²) in [6, 6.07) is 3.56. The molecule has 1 aliphatic heterocycles. The number of hydrogen-bond donors (Lipinski definition) is 1. The fraction of sp³-hybridized carbons (Fsp3) is 0.364. The van der Waals surface area contributed by atoms with E-state index in [-0.39, 0.29) is 11.9 Å². The van der Waals surface area contributed by atoms with E-state index in [0.29, 0.717) is 5.84 Å². The summed E-state index contributed by atoms with van der Waals surface area (Å²) in [6.45, 7) is 5.64. The molecule has 0 aromatic carbocycles. The third-order valence-electron chi connectivity index (χ3n) is 2.30. The van der Waals surface area contributed by atoms with Crippen molar-refractivity contribution in [3.05, 3.63) is 29.1 Å². The minimum atomic E-state index is -0.284. The highest BCUT2D eigenvalue weighted by atomic mass is 16.2. The highest BCUT2D eigenvalue weighted by Crippen LogP contribution is 2.10. The molecule has 0 radical (unpaired) electrons. The summed E-state index contributed by atoms with van der Waals surface area (Å²) in [7, 11) is 0. The van der Waals surface area contributed by atoms with Crippen molar-refractivity contribution in [2.45, 2.75) is 26.8 Å². The number of hydrogen-bond acceptors (Lipinski definition) is 3. The number of carbonyl (C=O) groups excluding carboxylic acids is 1. The summed E-state index contributed by atoms with van der Waals surface area (Å²) < 4.78 is 0. The highest BCUT2D eigenvalue weighted by Gasteiger charge is 2.22. The van der Waals surface area contributed by atoms with Crippen LogP contribution < -0.4 is 5.32 Å². The zero-order valence-electron chi connectivity index (χ0n) is 9.03. The molecule has 0 spiro atoms. The number of amides is 1. The molecule has 1 N–H and O–H groups in total. The molecule has 0 fully saturated rings. The predicted octanol–water partition coefficient (Wildman–Crippen LogP) is 0.963. The van der Waals surface area contributed by atoms with Crippen LogP contribution in [0.25, 0.3) is 0 Å². The summed E-state index contributed by atoms with van der Waals surface area (Å²) in [6.07, 6.45) is 0. The van der Waals surface area contributed by atoms with Gasteiger partial charge in [-0.1, -0.05) is 0 Å². The lowest BCUT2D eigenvalue weighted by atomic mass is 10.2. The molecule has 1 aliphatic rings. The minimum Gasteiger partial charge on any atom is -0.309 e. The van der Waals surface area contributed by atoms with Crippen LogP contribution in [0.4, 0.5) is 0 Å². The van der Waals surface area contributed by atoms with Gasteiger partial charge in [-0.25, -0.2) is 0 Å². The molecule has 15 heavy (non-hydrogen) atoms. The summed E-state index contributed by atoms with van der Waals surface area (Å²) in [5.74, 6) is 0.609. The first-order valence-corrected chi connectivity index (χ1v) is 4.90. The van der Waals surface area contributed by atoms with Crippen molar-refractivity contribution in [2.75, 3.05) is 0 Å². The Kier molecular flexibility index (Phi) is 2.26. The largest absolute Gasteiger partial charge is 0.309 e. The van der Waals surface area contributed by atoms with Gasteiger partial charge in [0.05, 0.1) is 0 Å². The number of rotatable bonds is 1. The first kappa shape index (κ1) is 9.83. The van der Waals surface area contributed by atoms with Gasteiger partial charge in [0.25, 0.3) is 0 Å². The minimum absolute atomic E-state index is 0.0443. The maximum absolute atomic E-state index is 11.3. The van der Waals surface area contributed by atoms with Gasteiger partial charge < -0.3 is 5.32 Å². The lowest BCUT2D eigenvalue weighted by Gasteiger charge is -2.03. The monoisotopic (exact) mass is 203 g/mol. The van der Waals surface area contributed by atoms with Crippen molar-refractivity contribution in [3.8, 4) is 0 Å². The summed E-state index contributed by atoms with van der Waals surface area (Å²) in [4.78, 5) is 19.8. The Hall–Kier alpha value is -1.71. The maximum atomic E-state index is 11.3. The first-order chi connectivity index (χ1) is 7.06. The molecule has 1 atom stereocenters. The number of aryl methyl sites for hydroxylation is 2. The average molecular weight is 203 g/mol. The second-order valence-corrected chi connectivity index (χ2v) is 3.78. The van der Waals surface area contributed by atoms with Crippen molar-refractivity contribution in [2.24, 2.45) is 4.99 Å². The molecule has 78 valence electrons. The lowest BCUT2D eigenvalue weighted by molar-refractivity contribution is -0.119. The van der Waals surface area contributed by atoms with Gasteiger partial charge in [0.2, 0.25) is 5.91 Å². The number of nitrogens with one attached hydrogen (secondary N) is 1. The van der Waals surface area contributed by atoms with Crippen LogP contribution in [0.5, 0.6) is 0 Å². The van der Waals surface area contributed by atoms with Crippen molar-refractivity contribution in [1.29, 1.82) is 0 Å². The number of nitrogens with zero attached hydrogens (tertiary/aromatic N) is 2. The fourth-order valence-corrected chi connectivity index (χ4v) is 1.62. The number of aliphatic imine (C=N–C) groups is 1. The predicted molar refractivity (Wildman–Crippen MR) is 57.9 cm³/mol. The molecule has 1 aromatic rings. The van der Waals surface area contributed by atoms with E-state index >= 15 is 0 Å². The quantitative estimate of drug-likeness (QED) is 0.739. The van der Waals surface area contributed by atoms with Crippen molar-refractivity contribution in [1.82, 2.24) is 10.3 Å². The zero-order chi connectivity index (χ0) is 11.0. The van der Waals surface area contributed by atoms with Gasteiger partial charge >= 0.3 is 0 Å². The van der Waals surface area contributed by atoms with Gasteiger partial charge in [-0.15, -0.1) is 0 Å². The number of aromatic nitrogens is 1. The first-order valence-electron chi connectivity index (χ1n) is 4.90. The van der Waals surface area contributed by atoms with Crippen LogP contribution in [0.2, 0.25) is 0 Å². The Balaban J connectivity index is 2.39. The van der Waals surface area contributed by atoms with E-state index in [2.05, 4.69) is 15.3 Å². The van der Waals surface area contributed by atoms with Crippen LogP contribution in [0.15, 0.2) is 17.1 Å². The molecule has 2 rings (SSSR count). The van der Waals surface area contributed by atoms with Crippen LogP contribution in [0.1, 0.15) is 23.9 Å². The smallest absolute Gasteiger partial charge is 0.250 e. The molecular formula is C11H13N3O. The van der Waals surface area contributed by atoms with Crippen molar-refractivity contribution >= 4 is 11.7 Å². The van der Waals surface area contributed by atoms with E-state index in [4.69, 9.17) is 0 Å². The van der Waals surface area contributed by atoms with Crippen LogP contribution >= 0.6 is 0 Å². The Bertz CT molecular complexity index is 431. The third kappa shape index (κ3) is 1.88. The second-order valence-electron chi connectivity index (χ2n) is 3.78. The van der Waals surface area contributed by atoms with Crippen LogP contribution in [0.3, 0.4) is 0 Å². The molecule has 4 nitrogen and oxygen atoms in total. The maximum Gasteiger partial charge on any atom is 0.250 e. The van der Waals surface area contributed by atoms with Crippen LogP contribution in [-0.2, 0) is 4.79 Å². The molecule has 0 bridgehead atoms. The van der Waals surface area contributed by atoms with Gasteiger partial charge in [0.1, 0.15) is 11.9 Å². The molecule has 1 aromatic heterocycles. The van der Waals surface area contributed by atoms with E-state index in [1.807, 2.05) is 26.0 Å². The summed E-state index contributed by atoms with van der Waals surface area (Å²) in [5, 5.41) is 2.76. The van der Waals surface area contributed by atoms with Crippen LogP contribution in [-0.4, -0.2) is 22.8 Å². The number of carbonyl (C=O) groups is 1. The van der Waals surface area contributed by atoms with E-state index in [1.54, 1.807) is 6.92 Å². The van der Waals surface area contributed by atoms with E-state index in [1.165, 1.54) is 0 Å². The molecule has 4 heteroatoms. The van der Waals surface area contributed by atoms with E-state index in [0.717, 1.165) is 17.0 Å². The molecule has 1 unspecified atom stereocenters. The SMILES string of the molecule is Cc1cc(C2=NC(C)C(=O)N2)cc(C)n1. The lowest BCUT2D eigenvalue weighted by Crippen LogP contribution is -2.28. The Morgan fingerprint density at radius 2 is 1.87 bits per heavy atom. The fourth-order valence-electron chi connectivity index (χ4n) is 1.62. The van der Waals surface area contributed by atoms with Gasteiger partial charge in [-0.05, 0) is 32.9 Å². The van der Waals surface area contributed by atoms with E-state index < -0.39 is 0 Å². The zero-order valence-corrected chi connectivity index (χ0v) is 9.03. The Morgan fingerprint density at radius 3 is 2.33 bits per heavy atom. The molecule has 0 aliphatic carbocycles. The molecule has 2 heterocycles. The molecule has 0 saturated carbocycles. The molecular weight excluding hydrogens is 190 g/mol. The molecule has 1 amide bonds.